The Hall–Kier alpha value is -3.52. The third-order valence-electron chi connectivity index (χ3n) is 4.91. The first-order valence-electron chi connectivity index (χ1n) is 9.53. The van der Waals surface area contributed by atoms with E-state index in [0.717, 1.165) is 22.7 Å². The Kier molecular flexibility index (Phi) is 5.11. The first-order valence-corrected chi connectivity index (χ1v) is 9.53. The van der Waals surface area contributed by atoms with Crippen LogP contribution in [0.3, 0.4) is 0 Å². The maximum Gasteiger partial charge on any atom is 0.0464 e. The number of hydrogen-bond donors (Lipinski definition) is 0. The molecule has 0 radical (unpaired) electrons. The van der Waals surface area contributed by atoms with Gasteiger partial charge in [0.15, 0.2) is 0 Å². The molecule has 0 aliphatic rings. The lowest BCUT2D eigenvalue weighted by atomic mass is 10.1. The molecule has 0 bridgehead atoms. The fourth-order valence-corrected chi connectivity index (χ4v) is 3.42. The Labute approximate surface area is 167 Å². The molecule has 0 amide bonds. The predicted molar refractivity (Wildman–Crippen MR) is 120 cm³/mol. The largest absolute Gasteiger partial charge is 0.345 e. The third kappa shape index (κ3) is 3.77. The van der Waals surface area contributed by atoms with E-state index in [-0.39, 0.29) is 0 Å². The maximum absolute atomic E-state index is 2.29. The zero-order valence-electron chi connectivity index (χ0n) is 16.3. The van der Waals surface area contributed by atoms with Crippen LogP contribution in [0.25, 0.3) is 0 Å². The molecule has 2 nitrogen and oxygen atoms in total. The van der Waals surface area contributed by atoms with Crippen LogP contribution in [0.5, 0.6) is 0 Å². The molecule has 0 aliphatic carbocycles. The Morgan fingerprint density at radius 3 is 1.54 bits per heavy atom. The smallest absolute Gasteiger partial charge is 0.0464 e. The number of nitrogens with zero attached hydrogens (tertiary/aromatic N) is 2. The van der Waals surface area contributed by atoms with E-state index in [1.165, 1.54) is 11.3 Å². The van der Waals surface area contributed by atoms with Gasteiger partial charge < -0.3 is 9.80 Å². The zero-order valence-corrected chi connectivity index (χ0v) is 16.3. The van der Waals surface area contributed by atoms with Gasteiger partial charge in [-0.3, -0.25) is 0 Å². The Bertz CT molecular complexity index is 1020. The van der Waals surface area contributed by atoms with Gasteiger partial charge in [-0.05, 0) is 73.2 Å². The monoisotopic (exact) mass is 364 g/mol. The lowest BCUT2D eigenvalue weighted by molar-refractivity contribution is 1.20. The lowest BCUT2D eigenvalue weighted by Crippen LogP contribution is -2.11. The summed E-state index contributed by atoms with van der Waals surface area (Å²) in [7, 11) is 2.10. The quantitative estimate of drug-likeness (QED) is 0.368. The van der Waals surface area contributed by atoms with Crippen LogP contribution < -0.4 is 9.80 Å². The van der Waals surface area contributed by atoms with Gasteiger partial charge in [-0.1, -0.05) is 48.5 Å². The Morgan fingerprint density at radius 2 is 0.929 bits per heavy atom. The highest BCUT2D eigenvalue weighted by Crippen LogP contribution is 2.36. The highest BCUT2D eigenvalue weighted by molar-refractivity contribution is 5.78. The van der Waals surface area contributed by atoms with Gasteiger partial charge in [-0.2, -0.15) is 0 Å². The number of anilines is 5. The van der Waals surface area contributed by atoms with Crippen molar-refractivity contribution in [2.45, 2.75) is 6.92 Å². The molecule has 2 heteroatoms. The minimum absolute atomic E-state index is 1.14. The fourth-order valence-electron chi connectivity index (χ4n) is 3.42. The van der Waals surface area contributed by atoms with E-state index in [2.05, 4.69) is 127 Å². The van der Waals surface area contributed by atoms with Crippen LogP contribution in [0.2, 0.25) is 0 Å². The summed E-state index contributed by atoms with van der Waals surface area (Å²) in [6.45, 7) is 2.13. The molecule has 0 N–H and O–H groups in total. The molecule has 0 spiro atoms. The van der Waals surface area contributed by atoms with Crippen molar-refractivity contribution >= 4 is 28.4 Å². The molecule has 28 heavy (non-hydrogen) atoms. The average molecular weight is 364 g/mol. The second kappa shape index (κ2) is 8.01. The van der Waals surface area contributed by atoms with Crippen molar-refractivity contribution in [1.82, 2.24) is 0 Å². The summed E-state index contributed by atoms with van der Waals surface area (Å²) < 4.78 is 0. The SMILES string of the molecule is Cc1cccc(N(c2ccccc2)c2ccc(N(C)c3ccccc3)cc2)c1. The number of hydrogen-bond acceptors (Lipinski definition) is 2. The molecule has 0 saturated carbocycles. The van der Waals surface area contributed by atoms with Crippen LogP contribution in [0, 0.1) is 6.92 Å². The molecule has 138 valence electrons. The highest BCUT2D eigenvalue weighted by Gasteiger charge is 2.13. The van der Waals surface area contributed by atoms with E-state index in [0.29, 0.717) is 0 Å². The van der Waals surface area contributed by atoms with Crippen molar-refractivity contribution in [3.63, 3.8) is 0 Å². The van der Waals surface area contributed by atoms with Gasteiger partial charge in [0.05, 0.1) is 0 Å². The van der Waals surface area contributed by atoms with E-state index in [1.54, 1.807) is 0 Å². The molecule has 0 atom stereocenters. The van der Waals surface area contributed by atoms with Crippen LogP contribution >= 0.6 is 0 Å². The summed E-state index contributed by atoms with van der Waals surface area (Å²) in [5.74, 6) is 0. The van der Waals surface area contributed by atoms with E-state index < -0.39 is 0 Å². The predicted octanol–water partition coefficient (Wildman–Crippen LogP) is 7.23. The molecule has 0 aliphatic heterocycles. The minimum Gasteiger partial charge on any atom is -0.345 e. The minimum atomic E-state index is 1.14. The molecular formula is C26H24N2. The van der Waals surface area contributed by atoms with Crippen LogP contribution in [0.15, 0.2) is 109 Å². The molecular weight excluding hydrogens is 340 g/mol. The van der Waals surface area contributed by atoms with E-state index in [1.807, 2.05) is 6.07 Å². The lowest BCUT2D eigenvalue weighted by Gasteiger charge is -2.27. The second-order valence-electron chi connectivity index (χ2n) is 6.92. The Balaban J connectivity index is 1.71. The van der Waals surface area contributed by atoms with Gasteiger partial charge in [0.25, 0.3) is 0 Å². The number of para-hydroxylation sites is 2. The van der Waals surface area contributed by atoms with Gasteiger partial charge in [-0.25, -0.2) is 0 Å². The van der Waals surface area contributed by atoms with Crippen molar-refractivity contribution < 1.29 is 0 Å². The number of aryl methyl sites for hydroxylation is 1. The van der Waals surface area contributed by atoms with Crippen molar-refractivity contribution in [2.24, 2.45) is 0 Å². The summed E-state index contributed by atoms with van der Waals surface area (Å²) in [5.41, 5.74) is 7.04. The highest BCUT2D eigenvalue weighted by atomic mass is 15.1. The Morgan fingerprint density at radius 1 is 0.464 bits per heavy atom. The summed E-state index contributed by atoms with van der Waals surface area (Å²) in [5, 5.41) is 0. The van der Waals surface area contributed by atoms with E-state index in [9.17, 15) is 0 Å². The number of benzene rings is 4. The average Bonchev–Trinajstić information content (AvgIpc) is 2.75. The topological polar surface area (TPSA) is 6.48 Å². The van der Waals surface area contributed by atoms with Crippen LogP contribution in [-0.2, 0) is 0 Å². The number of rotatable bonds is 5. The maximum atomic E-state index is 2.29. The van der Waals surface area contributed by atoms with Gasteiger partial charge >= 0.3 is 0 Å². The van der Waals surface area contributed by atoms with Crippen molar-refractivity contribution in [3.05, 3.63) is 115 Å². The third-order valence-corrected chi connectivity index (χ3v) is 4.91. The first kappa shape index (κ1) is 17.9. The molecule has 0 unspecified atom stereocenters. The van der Waals surface area contributed by atoms with Gasteiger partial charge in [0.2, 0.25) is 0 Å². The zero-order chi connectivity index (χ0) is 19.3. The standard InChI is InChI=1S/C26H24N2/c1-21-10-9-15-26(20-21)28(24-13-7-4-8-14-24)25-18-16-23(17-19-25)27(2)22-11-5-3-6-12-22/h3-20H,1-2H3. The molecule has 4 aromatic rings. The van der Waals surface area contributed by atoms with Gasteiger partial charge in [-0.15, -0.1) is 0 Å². The fraction of sp³-hybridized carbons (Fsp3) is 0.0769. The van der Waals surface area contributed by atoms with Crippen LogP contribution in [0.1, 0.15) is 5.56 Å². The summed E-state index contributed by atoms with van der Waals surface area (Å²) in [6, 6.07) is 38.2. The summed E-state index contributed by atoms with van der Waals surface area (Å²) in [4.78, 5) is 4.49. The van der Waals surface area contributed by atoms with Gasteiger partial charge in [0, 0.05) is 35.5 Å². The molecule has 0 saturated heterocycles. The van der Waals surface area contributed by atoms with E-state index >= 15 is 0 Å². The van der Waals surface area contributed by atoms with Crippen molar-refractivity contribution in [2.75, 3.05) is 16.8 Å². The summed E-state index contributed by atoms with van der Waals surface area (Å²) >= 11 is 0. The molecule has 4 rings (SSSR count). The molecule has 0 aromatic heterocycles. The van der Waals surface area contributed by atoms with Crippen molar-refractivity contribution in [1.29, 1.82) is 0 Å². The normalized spacial score (nSPS) is 10.5. The van der Waals surface area contributed by atoms with E-state index in [4.69, 9.17) is 0 Å². The molecule has 0 fully saturated rings. The first-order chi connectivity index (χ1) is 13.7. The molecule has 4 aromatic carbocycles. The summed E-state index contributed by atoms with van der Waals surface area (Å²) in [6.07, 6.45) is 0. The van der Waals surface area contributed by atoms with Gasteiger partial charge in [0.1, 0.15) is 0 Å². The van der Waals surface area contributed by atoms with Crippen LogP contribution in [0.4, 0.5) is 28.4 Å². The van der Waals surface area contributed by atoms with Crippen LogP contribution in [-0.4, -0.2) is 7.05 Å². The molecule has 0 heterocycles. The van der Waals surface area contributed by atoms with Crippen molar-refractivity contribution in [3.8, 4) is 0 Å². The second-order valence-corrected chi connectivity index (χ2v) is 6.92.